The van der Waals surface area contributed by atoms with E-state index < -0.39 is 11.0 Å². The molecule has 0 saturated carbocycles. The summed E-state index contributed by atoms with van der Waals surface area (Å²) in [7, 11) is -0.158. The number of carbonyl (C=O) groups is 1. The molecule has 0 spiro atoms. The number of carbonyl (C=O) groups excluding carboxylic acids is 1. The van der Waals surface area contributed by atoms with Crippen molar-refractivity contribution < 1.29 is 18.1 Å². The SMILES string of the molecule is COC(=O)c1ccc2c(c1)CC(C)(C)C(c1ccccc1NS(=O)c1ccc(F)cc1)N2. The number of esters is 1. The standard InChI is InChI=1S/C25H25FN2O3S/c1-25(2)15-17-14-16(24(29)31-3)8-13-21(17)27-23(25)20-6-4-5-7-22(20)28-32(30)19-11-9-18(26)10-12-19/h4-14,23,27-28H,15H2,1-3H3. The predicted molar refractivity (Wildman–Crippen MR) is 125 cm³/mol. The Balaban J connectivity index is 1.65. The van der Waals surface area contributed by atoms with Gasteiger partial charge in [-0.15, -0.1) is 0 Å². The molecule has 4 rings (SSSR count). The van der Waals surface area contributed by atoms with Crippen LogP contribution < -0.4 is 10.0 Å². The summed E-state index contributed by atoms with van der Waals surface area (Å²) in [6, 6.07) is 18.8. The summed E-state index contributed by atoms with van der Waals surface area (Å²) in [5, 5.41) is 3.61. The van der Waals surface area contributed by atoms with Gasteiger partial charge in [-0.25, -0.2) is 13.4 Å². The maximum absolute atomic E-state index is 13.2. The number of hydrogen-bond acceptors (Lipinski definition) is 4. The number of para-hydroxylation sites is 1. The lowest BCUT2D eigenvalue weighted by Crippen LogP contribution is -2.35. The highest BCUT2D eigenvalue weighted by Crippen LogP contribution is 2.46. The molecule has 0 amide bonds. The van der Waals surface area contributed by atoms with E-state index in [0.29, 0.717) is 10.5 Å². The molecule has 1 heterocycles. The van der Waals surface area contributed by atoms with Gasteiger partial charge in [0.2, 0.25) is 0 Å². The number of benzene rings is 3. The number of halogens is 1. The Morgan fingerprint density at radius 1 is 1.12 bits per heavy atom. The highest BCUT2D eigenvalue weighted by molar-refractivity contribution is 7.86. The number of ether oxygens (including phenoxy) is 1. The Kier molecular flexibility index (Phi) is 6.02. The molecule has 166 valence electrons. The smallest absolute Gasteiger partial charge is 0.337 e. The van der Waals surface area contributed by atoms with Gasteiger partial charge in [-0.3, -0.25) is 0 Å². The third kappa shape index (κ3) is 4.39. The van der Waals surface area contributed by atoms with Gasteiger partial charge in [0.15, 0.2) is 0 Å². The van der Waals surface area contributed by atoms with Gasteiger partial charge >= 0.3 is 5.97 Å². The van der Waals surface area contributed by atoms with E-state index in [1.165, 1.54) is 31.4 Å². The van der Waals surface area contributed by atoms with Gasteiger partial charge in [0.25, 0.3) is 0 Å². The van der Waals surface area contributed by atoms with Crippen LogP contribution in [0, 0.1) is 11.2 Å². The first-order valence-corrected chi connectivity index (χ1v) is 11.4. The molecule has 32 heavy (non-hydrogen) atoms. The van der Waals surface area contributed by atoms with Crippen LogP contribution in [0.4, 0.5) is 15.8 Å². The van der Waals surface area contributed by atoms with E-state index in [4.69, 9.17) is 4.74 Å². The van der Waals surface area contributed by atoms with Crippen molar-refractivity contribution in [2.75, 3.05) is 17.1 Å². The van der Waals surface area contributed by atoms with Gasteiger partial charge in [0.05, 0.1) is 29.3 Å². The third-order valence-corrected chi connectivity index (χ3v) is 6.86. The van der Waals surface area contributed by atoms with Crippen LogP contribution >= 0.6 is 0 Å². The first-order chi connectivity index (χ1) is 15.3. The Morgan fingerprint density at radius 2 is 1.84 bits per heavy atom. The zero-order valence-corrected chi connectivity index (χ0v) is 19.0. The van der Waals surface area contributed by atoms with E-state index in [9.17, 15) is 13.4 Å². The zero-order chi connectivity index (χ0) is 22.9. The van der Waals surface area contributed by atoms with Crippen molar-refractivity contribution in [3.05, 3.63) is 89.2 Å². The number of rotatable bonds is 5. The van der Waals surface area contributed by atoms with Crippen molar-refractivity contribution in [2.45, 2.75) is 31.2 Å². The highest BCUT2D eigenvalue weighted by atomic mass is 32.2. The molecule has 2 unspecified atom stereocenters. The average Bonchev–Trinajstić information content (AvgIpc) is 2.78. The predicted octanol–water partition coefficient (Wildman–Crippen LogP) is 5.48. The zero-order valence-electron chi connectivity index (χ0n) is 18.1. The number of anilines is 2. The fraction of sp³-hybridized carbons (Fsp3) is 0.240. The molecule has 0 aromatic heterocycles. The van der Waals surface area contributed by atoms with Gasteiger partial charge in [-0.05, 0) is 71.5 Å². The molecule has 0 radical (unpaired) electrons. The van der Waals surface area contributed by atoms with Crippen molar-refractivity contribution in [3.63, 3.8) is 0 Å². The normalized spacial score (nSPS) is 17.6. The van der Waals surface area contributed by atoms with Crippen LogP contribution in [0.25, 0.3) is 0 Å². The number of hydrogen-bond donors (Lipinski definition) is 2. The van der Waals surface area contributed by atoms with Crippen molar-refractivity contribution in [2.24, 2.45) is 5.41 Å². The summed E-state index contributed by atoms with van der Waals surface area (Å²) < 4.78 is 34.0. The second kappa shape index (κ2) is 8.74. The lowest BCUT2D eigenvalue weighted by atomic mass is 9.72. The number of methoxy groups -OCH3 is 1. The van der Waals surface area contributed by atoms with Crippen molar-refractivity contribution in [3.8, 4) is 0 Å². The Labute approximate surface area is 189 Å². The maximum atomic E-state index is 13.2. The first kappa shape index (κ1) is 22.0. The minimum atomic E-state index is -1.53. The van der Waals surface area contributed by atoms with Gasteiger partial charge in [-0.1, -0.05) is 32.0 Å². The molecule has 3 aromatic carbocycles. The van der Waals surface area contributed by atoms with E-state index >= 15 is 0 Å². The molecule has 3 aromatic rings. The second-order valence-corrected chi connectivity index (χ2v) is 9.73. The maximum Gasteiger partial charge on any atom is 0.337 e. The summed E-state index contributed by atoms with van der Waals surface area (Å²) in [5.74, 6) is -0.723. The number of nitrogens with one attached hydrogen (secondary N) is 2. The Hall–Kier alpha value is -3.19. The van der Waals surface area contributed by atoms with Gasteiger partial charge in [0.1, 0.15) is 16.8 Å². The largest absolute Gasteiger partial charge is 0.465 e. The van der Waals surface area contributed by atoms with Gasteiger partial charge in [0, 0.05) is 5.69 Å². The van der Waals surface area contributed by atoms with Gasteiger partial charge < -0.3 is 14.8 Å². The molecular formula is C25H25FN2O3S. The molecular weight excluding hydrogens is 427 g/mol. The van der Waals surface area contributed by atoms with Crippen LogP contribution in [0.15, 0.2) is 71.6 Å². The summed E-state index contributed by atoms with van der Waals surface area (Å²) >= 11 is 0. The summed E-state index contributed by atoms with van der Waals surface area (Å²) in [6.45, 7) is 4.32. The molecule has 7 heteroatoms. The molecule has 1 aliphatic heterocycles. The highest BCUT2D eigenvalue weighted by Gasteiger charge is 2.37. The van der Waals surface area contributed by atoms with Gasteiger partial charge in [-0.2, -0.15) is 0 Å². The molecule has 0 bridgehead atoms. The minimum Gasteiger partial charge on any atom is -0.465 e. The van der Waals surface area contributed by atoms with E-state index in [1.54, 1.807) is 6.07 Å². The molecule has 0 saturated heterocycles. The van der Waals surface area contributed by atoms with Crippen LogP contribution in [-0.4, -0.2) is 17.3 Å². The van der Waals surface area contributed by atoms with Crippen molar-refractivity contribution in [1.82, 2.24) is 0 Å². The van der Waals surface area contributed by atoms with Crippen LogP contribution in [0.3, 0.4) is 0 Å². The summed E-state index contributed by atoms with van der Waals surface area (Å²) in [6.07, 6.45) is 0.750. The third-order valence-electron chi connectivity index (χ3n) is 5.76. The first-order valence-electron chi connectivity index (χ1n) is 10.3. The molecule has 0 fully saturated rings. The minimum absolute atomic E-state index is 0.0621. The van der Waals surface area contributed by atoms with Crippen molar-refractivity contribution >= 4 is 28.3 Å². The van der Waals surface area contributed by atoms with Crippen LogP contribution in [0.1, 0.15) is 41.4 Å². The van der Waals surface area contributed by atoms with Crippen LogP contribution in [0.5, 0.6) is 0 Å². The molecule has 2 atom stereocenters. The Bertz CT molecular complexity index is 1180. The molecule has 5 nitrogen and oxygen atoms in total. The Morgan fingerprint density at radius 3 is 2.56 bits per heavy atom. The second-order valence-electron chi connectivity index (χ2n) is 8.52. The lowest BCUT2D eigenvalue weighted by molar-refractivity contribution is 0.0600. The van der Waals surface area contributed by atoms with Crippen LogP contribution in [0.2, 0.25) is 0 Å². The molecule has 0 aliphatic carbocycles. The summed E-state index contributed by atoms with van der Waals surface area (Å²) in [4.78, 5) is 12.4. The fourth-order valence-electron chi connectivity index (χ4n) is 4.13. The van der Waals surface area contributed by atoms with Crippen molar-refractivity contribution in [1.29, 1.82) is 0 Å². The molecule has 2 N–H and O–H groups in total. The fourth-order valence-corrected chi connectivity index (χ4v) is 5.01. The summed E-state index contributed by atoms with van der Waals surface area (Å²) in [5.41, 5.74) is 4.06. The number of fused-ring (bicyclic) bond motifs is 1. The molecule has 1 aliphatic rings. The van der Waals surface area contributed by atoms with E-state index in [-0.39, 0.29) is 23.2 Å². The quantitative estimate of drug-likeness (QED) is 0.503. The topological polar surface area (TPSA) is 67.4 Å². The van der Waals surface area contributed by atoms with E-state index in [0.717, 1.165) is 28.9 Å². The lowest BCUT2D eigenvalue weighted by Gasteiger charge is -2.42. The van der Waals surface area contributed by atoms with Crippen LogP contribution in [-0.2, 0) is 22.1 Å². The van der Waals surface area contributed by atoms with E-state index in [2.05, 4.69) is 23.9 Å². The van der Waals surface area contributed by atoms with E-state index in [1.807, 2.05) is 36.4 Å². The monoisotopic (exact) mass is 452 g/mol. The average molecular weight is 453 g/mol.